The topological polar surface area (TPSA) is 180 Å². The number of unbranched alkanes of at least 4 members (excludes halogenated alkanes) is 2. The number of β-lactam (4-membered cyclic amide) rings is 1. The molecule has 0 aliphatic carbocycles. The van der Waals surface area contributed by atoms with E-state index in [4.69, 9.17) is 31.6 Å². The molecule has 2 aliphatic rings. The molecule has 0 aromatic carbocycles. The third-order valence-corrected chi connectivity index (χ3v) is 7.86. The quantitative estimate of drug-likeness (QED) is 0.0967. The van der Waals surface area contributed by atoms with Crippen molar-refractivity contribution in [1.29, 1.82) is 0 Å². The number of esters is 2. The normalized spacial score (nSPS) is 21.4. The van der Waals surface area contributed by atoms with Crippen LogP contribution in [0.1, 0.15) is 38.3 Å². The number of nitrogens with zero attached hydrogens (tertiary/aromatic N) is 3. The van der Waals surface area contributed by atoms with E-state index in [-0.39, 0.29) is 39.4 Å². The molecule has 3 heterocycles. The van der Waals surface area contributed by atoms with Gasteiger partial charge in [0.05, 0.1) is 21.6 Å². The summed E-state index contributed by atoms with van der Waals surface area (Å²) in [6.07, 6.45) is 2.63. The number of oxime groups is 1. The van der Waals surface area contributed by atoms with Crippen molar-refractivity contribution in [3.63, 3.8) is 0 Å². The van der Waals surface area contributed by atoms with Crippen LogP contribution in [0.15, 0.2) is 21.3 Å². The molecular formula is C20H24ClN5O8S2. The summed E-state index contributed by atoms with van der Waals surface area (Å²) >= 11 is 7.20. The van der Waals surface area contributed by atoms with Gasteiger partial charge in [-0.3, -0.25) is 23.5 Å². The monoisotopic (exact) mass is 561 g/mol. The van der Waals surface area contributed by atoms with Crippen LogP contribution in [0.5, 0.6) is 0 Å². The first-order valence-corrected chi connectivity index (χ1v) is 13.4. The lowest BCUT2D eigenvalue weighted by atomic mass is 10.0. The molecule has 1 fully saturated rings. The smallest absolute Gasteiger partial charge is 0.359 e. The lowest BCUT2D eigenvalue weighted by Gasteiger charge is -2.48. The number of anilines is 1. The second-order valence-corrected chi connectivity index (χ2v) is 10.4. The van der Waals surface area contributed by atoms with Gasteiger partial charge in [0.25, 0.3) is 11.8 Å². The highest BCUT2D eigenvalue weighted by Gasteiger charge is 2.57. The maximum atomic E-state index is 12.9. The van der Waals surface area contributed by atoms with Crippen LogP contribution in [0.4, 0.5) is 5.13 Å². The first-order chi connectivity index (χ1) is 17.2. The van der Waals surface area contributed by atoms with Crippen LogP contribution in [0.3, 0.4) is 0 Å². The lowest BCUT2D eigenvalue weighted by molar-refractivity contribution is -0.168. The second kappa shape index (κ2) is 12.3. The van der Waals surface area contributed by atoms with Gasteiger partial charge in [-0.25, -0.2) is 9.78 Å². The average Bonchev–Trinajstić information content (AvgIpc) is 3.26. The Balaban J connectivity index is 1.66. The van der Waals surface area contributed by atoms with Crippen LogP contribution < -0.4 is 11.1 Å². The van der Waals surface area contributed by atoms with E-state index >= 15 is 0 Å². The Hall–Kier alpha value is -3.04. The Bertz CT molecular complexity index is 1140. The zero-order chi connectivity index (χ0) is 26.4. The van der Waals surface area contributed by atoms with Crippen LogP contribution in [-0.2, 0) is 44.3 Å². The van der Waals surface area contributed by atoms with Gasteiger partial charge in [-0.05, 0) is 6.42 Å². The first-order valence-electron chi connectivity index (χ1n) is 10.7. The minimum atomic E-state index is -1.74. The number of nitrogens with two attached hydrogens (primary N) is 1. The SMILES string of the molecule is CCCCCC(=O)OCOC(=O)C1=C(Cl)CS(=O)[C@@H]2C(NC(=O)C(=NOC)c3csc(N)n3)C(=O)N12. The summed E-state index contributed by atoms with van der Waals surface area (Å²) in [5, 5.41) is 6.53. The molecule has 2 aliphatic heterocycles. The molecule has 1 aromatic rings. The van der Waals surface area contributed by atoms with Gasteiger partial charge >= 0.3 is 11.9 Å². The van der Waals surface area contributed by atoms with Crippen molar-refractivity contribution >= 4 is 68.3 Å². The minimum absolute atomic E-state index is 0.127. The van der Waals surface area contributed by atoms with Crippen molar-refractivity contribution < 1.29 is 37.7 Å². The number of aromatic nitrogens is 1. The third kappa shape index (κ3) is 6.02. The van der Waals surface area contributed by atoms with E-state index < -0.39 is 52.8 Å². The molecule has 13 nitrogen and oxygen atoms in total. The van der Waals surface area contributed by atoms with Crippen LogP contribution >= 0.6 is 22.9 Å². The Morgan fingerprint density at radius 2 is 2.11 bits per heavy atom. The molecule has 3 N–H and O–H groups in total. The van der Waals surface area contributed by atoms with E-state index in [1.54, 1.807) is 0 Å². The van der Waals surface area contributed by atoms with E-state index in [0.29, 0.717) is 6.42 Å². The van der Waals surface area contributed by atoms with E-state index in [0.717, 1.165) is 29.1 Å². The number of fused-ring (bicyclic) bond motifs is 1. The van der Waals surface area contributed by atoms with Crippen molar-refractivity contribution in [3.8, 4) is 0 Å². The number of nitrogen functional groups attached to an aromatic ring is 1. The summed E-state index contributed by atoms with van der Waals surface area (Å²) in [4.78, 5) is 59.6. The second-order valence-electron chi connectivity index (χ2n) is 7.55. The molecular weight excluding hydrogens is 538 g/mol. The van der Waals surface area contributed by atoms with E-state index in [1.165, 1.54) is 12.5 Å². The predicted octanol–water partition coefficient (Wildman–Crippen LogP) is 0.566. The van der Waals surface area contributed by atoms with Gasteiger partial charge in [0.2, 0.25) is 6.79 Å². The van der Waals surface area contributed by atoms with Gasteiger partial charge in [-0.1, -0.05) is 36.5 Å². The Labute approximate surface area is 217 Å². The molecule has 1 saturated heterocycles. The van der Waals surface area contributed by atoms with Crippen LogP contribution in [0.25, 0.3) is 0 Å². The highest BCUT2D eigenvalue weighted by atomic mass is 35.5. The number of rotatable bonds is 11. The fourth-order valence-electron chi connectivity index (χ4n) is 3.43. The molecule has 2 amide bonds. The largest absolute Gasteiger partial charge is 0.428 e. The molecule has 0 radical (unpaired) electrons. The molecule has 3 rings (SSSR count). The summed E-state index contributed by atoms with van der Waals surface area (Å²) in [5.41, 5.74) is 5.16. The number of thiazole rings is 1. The van der Waals surface area contributed by atoms with E-state index in [2.05, 4.69) is 15.5 Å². The minimum Gasteiger partial charge on any atom is -0.428 e. The lowest BCUT2D eigenvalue weighted by Crippen LogP contribution is -2.74. The Kier molecular flexibility index (Phi) is 9.39. The van der Waals surface area contributed by atoms with Gasteiger partial charge < -0.3 is 25.4 Å². The van der Waals surface area contributed by atoms with Crippen LogP contribution in [0, 0.1) is 0 Å². The summed E-state index contributed by atoms with van der Waals surface area (Å²) < 4.78 is 22.5. The standard InChI is InChI=1S/C20H24ClN5O8S2/c1-3-4-5-6-12(27)33-9-34-19(30)15-10(21)8-36(31)18-14(17(29)26(15)18)24-16(28)13(25-32-2)11-7-35-20(22)23-11/h7,14,18H,3-6,8-9H2,1-2H3,(H2,22,23)(H,24,28)/t14?,18-,36?/m1/s1. The highest BCUT2D eigenvalue weighted by Crippen LogP contribution is 2.36. The van der Waals surface area contributed by atoms with Gasteiger partial charge in [0.15, 0.2) is 10.8 Å². The number of carbonyl (C=O) groups excluding carboxylic acids is 4. The maximum absolute atomic E-state index is 12.9. The van der Waals surface area contributed by atoms with Crippen molar-refractivity contribution in [3.05, 3.63) is 21.8 Å². The molecule has 1 aromatic heterocycles. The number of carbonyl (C=O) groups is 4. The van der Waals surface area contributed by atoms with E-state index in [9.17, 15) is 23.4 Å². The Morgan fingerprint density at radius 1 is 1.36 bits per heavy atom. The molecule has 16 heteroatoms. The van der Waals surface area contributed by atoms with Crippen LogP contribution in [0.2, 0.25) is 0 Å². The molecule has 0 saturated carbocycles. The molecule has 3 atom stereocenters. The number of amides is 2. The molecule has 0 bridgehead atoms. The number of halogens is 1. The molecule has 0 spiro atoms. The van der Waals surface area contributed by atoms with Crippen molar-refractivity contribution in [1.82, 2.24) is 15.2 Å². The number of ether oxygens (including phenoxy) is 2. The average molecular weight is 562 g/mol. The molecule has 36 heavy (non-hydrogen) atoms. The van der Waals surface area contributed by atoms with E-state index in [1.807, 2.05) is 6.92 Å². The summed E-state index contributed by atoms with van der Waals surface area (Å²) in [7, 11) is -0.510. The number of nitrogens with one attached hydrogen (secondary N) is 1. The third-order valence-electron chi connectivity index (χ3n) is 5.12. The highest BCUT2D eigenvalue weighted by molar-refractivity contribution is 7.86. The number of hydrogen-bond donors (Lipinski definition) is 2. The van der Waals surface area contributed by atoms with Crippen molar-refractivity contribution in [2.75, 3.05) is 25.4 Å². The van der Waals surface area contributed by atoms with Crippen molar-refractivity contribution in [2.24, 2.45) is 5.16 Å². The zero-order valence-corrected chi connectivity index (χ0v) is 21.7. The Morgan fingerprint density at radius 3 is 2.75 bits per heavy atom. The summed E-state index contributed by atoms with van der Waals surface area (Å²) in [6.45, 7) is 1.33. The van der Waals surface area contributed by atoms with Gasteiger partial charge in [0, 0.05) is 11.8 Å². The maximum Gasteiger partial charge on any atom is 0.359 e. The van der Waals surface area contributed by atoms with Crippen molar-refractivity contribution in [2.45, 2.75) is 44.0 Å². The zero-order valence-electron chi connectivity index (χ0n) is 19.4. The fraction of sp³-hybridized carbons (Fsp3) is 0.500. The first kappa shape index (κ1) is 27.5. The van der Waals surface area contributed by atoms with Crippen LogP contribution in [-0.4, -0.2) is 74.6 Å². The molecule has 196 valence electrons. The van der Waals surface area contributed by atoms with Gasteiger partial charge in [0.1, 0.15) is 29.9 Å². The predicted molar refractivity (Wildman–Crippen MR) is 130 cm³/mol. The van der Waals surface area contributed by atoms with Gasteiger partial charge in [-0.2, -0.15) is 0 Å². The number of hydrogen-bond acceptors (Lipinski definition) is 12. The fourth-order valence-corrected chi connectivity index (χ4v) is 5.96. The summed E-state index contributed by atoms with van der Waals surface area (Å²) in [6, 6.07) is -1.24. The molecule has 2 unspecified atom stereocenters. The van der Waals surface area contributed by atoms with Gasteiger partial charge in [-0.15, -0.1) is 11.3 Å². The summed E-state index contributed by atoms with van der Waals surface area (Å²) in [5.74, 6) is -3.36.